The van der Waals surface area contributed by atoms with Crippen molar-refractivity contribution in [3.63, 3.8) is 0 Å². The van der Waals surface area contributed by atoms with Crippen LogP contribution in [0.4, 0.5) is 93.5 Å². The van der Waals surface area contributed by atoms with E-state index in [1.165, 1.54) is 0 Å². The lowest BCUT2D eigenvalue weighted by atomic mass is 9.91. The molecule has 0 aromatic heterocycles. The second-order valence-corrected chi connectivity index (χ2v) is 6.54. The molecule has 0 aliphatic rings. The van der Waals surface area contributed by atoms with Gasteiger partial charge in [0.1, 0.15) is 0 Å². The Balaban J connectivity index is 3.71. The van der Waals surface area contributed by atoms with Crippen LogP contribution in [-0.2, 0) is 0 Å². The zero-order valence-electron chi connectivity index (χ0n) is 16.1. The normalized spacial score (nSPS) is 15.6. The Bertz CT molecular complexity index is 1040. The van der Waals surface area contributed by atoms with E-state index in [1.807, 2.05) is 0 Å². The molecule has 2 nitrogen and oxygen atoms in total. The third-order valence-corrected chi connectivity index (χ3v) is 4.11. The van der Waals surface area contributed by atoms with Crippen molar-refractivity contribution in [3.05, 3.63) is 35.4 Å². The highest BCUT2D eigenvalue weighted by Crippen LogP contribution is 2.63. The van der Waals surface area contributed by atoms with E-state index < -0.39 is 82.4 Å². The number of anilines is 1. The molecule has 2 N–H and O–H groups in total. The summed E-state index contributed by atoms with van der Waals surface area (Å²) in [5.74, 6) is -66.2. The van der Waals surface area contributed by atoms with E-state index in [1.54, 1.807) is 0 Å². The molecule has 0 saturated heterocycles. The van der Waals surface area contributed by atoms with Crippen LogP contribution in [0.15, 0.2) is 17.9 Å². The predicted octanol–water partition coefficient (Wildman–Crippen LogP) is 7.55. The van der Waals surface area contributed by atoms with Crippen LogP contribution in [0.25, 0.3) is 0 Å². The Labute approximate surface area is 188 Å². The number of halogens is 20. The van der Waals surface area contributed by atoms with Gasteiger partial charge < -0.3 is 10.5 Å². The summed E-state index contributed by atoms with van der Waals surface area (Å²) in [6, 6.07) is -4.42. The van der Waals surface area contributed by atoms with Gasteiger partial charge >= 0.3 is 47.7 Å². The summed E-state index contributed by atoms with van der Waals surface area (Å²) >= 11 is 0. The number of hydrogen-bond donors (Lipinski definition) is 1. The molecular weight excluding hydrogens is 590 g/mol. The smallest absolute Gasteiger partial charge is 0.423 e. The molecule has 37 heavy (non-hydrogen) atoms. The fourth-order valence-electron chi connectivity index (χ4n) is 2.05. The third kappa shape index (κ3) is 4.44. The number of nitrogens with two attached hydrogens (primary N) is 1. The highest BCUT2D eigenvalue weighted by molar-refractivity contribution is 5.48. The van der Waals surface area contributed by atoms with Gasteiger partial charge in [0.05, 0.1) is 5.69 Å². The first-order valence-corrected chi connectivity index (χ1v) is 8.05. The first-order chi connectivity index (χ1) is 16.1. The lowest BCUT2D eigenvalue weighted by Gasteiger charge is -2.41. The van der Waals surface area contributed by atoms with Crippen LogP contribution in [0, 0.1) is 17.5 Å². The molecule has 0 unspecified atom stereocenters. The molecule has 0 aliphatic heterocycles. The van der Waals surface area contributed by atoms with Crippen molar-refractivity contribution < 1.29 is 92.5 Å². The van der Waals surface area contributed by atoms with Gasteiger partial charge in [-0.2, -0.15) is 79.0 Å². The van der Waals surface area contributed by atoms with Crippen LogP contribution in [0.1, 0.15) is 0 Å². The first kappa shape index (κ1) is 32.2. The molecular formula is C15H3F20NO. The van der Waals surface area contributed by atoms with Gasteiger partial charge in [-0.25, -0.2) is 8.78 Å². The van der Waals surface area contributed by atoms with E-state index in [2.05, 4.69) is 10.5 Å². The van der Waals surface area contributed by atoms with Gasteiger partial charge in [0, 0.05) is 6.07 Å². The summed E-state index contributed by atoms with van der Waals surface area (Å²) in [7, 11) is 0. The Kier molecular flexibility index (Phi) is 7.72. The maximum atomic E-state index is 13.6. The van der Waals surface area contributed by atoms with E-state index in [-0.39, 0.29) is 6.07 Å². The lowest BCUT2D eigenvalue weighted by Crippen LogP contribution is -2.72. The van der Waals surface area contributed by atoms with Crippen LogP contribution in [0.5, 0.6) is 5.75 Å². The number of hydrogen-bond acceptors (Lipinski definition) is 2. The van der Waals surface area contributed by atoms with Crippen molar-refractivity contribution >= 4 is 5.69 Å². The van der Waals surface area contributed by atoms with Gasteiger partial charge in [-0.3, -0.25) is 0 Å². The van der Waals surface area contributed by atoms with Crippen molar-refractivity contribution in [3.8, 4) is 5.75 Å². The molecule has 0 amide bonds. The molecule has 0 fully saturated rings. The summed E-state index contributed by atoms with van der Waals surface area (Å²) in [5, 5.41) is 0. The van der Waals surface area contributed by atoms with Gasteiger partial charge in [0.2, 0.25) is 17.4 Å². The molecule has 0 saturated carbocycles. The molecule has 0 spiro atoms. The number of nitrogen functional groups attached to an aromatic ring is 1. The van der Waals surface area contributed by atoms with Crippen LogP contribution >= 0.6 is 0 Å². The topological polar surface area (TPSA) is 35.2 Å². The largest absolute Gasteiger partial charge is 0.460 e. The minimum atomic E-state index is -8.81. The van der Waals surface area contributed by atoms with Crippen LogP contribution < -0.4 is 10.5 Å². The second kappa shape index (κ2) is 8.88. The average Bonchev–Trinajstić information content (AvgIpc) is 2.72. The maximum Gasteiger partial charge on any atom is 0.460 e. The number of ether oxygens (including phenoxy) is 1. The second-order valence-electron chi connectivity index (χ2n) is 6.54. The van der Waals surface area contributed by atoms with Gasteiger partial charge in [0.25, 0.3) is 0 Å². The van der Waals surface area contributed by atoms with Crippen molar-refractivity contribution in [2.75, 3.05) is 5.73 Å². The summed E-state index contributed by atoms with van der Waals surface area (Å²) in [5.41, 5.74) is 3.07. The van der Waals surface area contributed by atoms with Crippen molar-refractivity contribution in [1.82, 2.24) is 0 Å². The van der Waals surface area contributed by atoms with E-state index >= 15 is 0 Å². The zero-order chi connectivity index (χ0) is 30.0. The minimum absolute atomic E-state index is 0.252. The molecule has 1 rings (SSSR count). The van der Waals surface area contributed by atoms with Crippen molar-refractivity contribution in [1.29, 1.82) is 0 Å². The number of benzene rings is 1. The summed E-state index contributed by atoms with van der Waals surface area (Å²) in [6.07, 6.45) is -7.89. The molecule has 0 heterocycles. The molecule has 0 atom stereocenters. The SMILES string of the molecule is Nc1cc(F)c(F)c(OC(F)=C(F)C(F)(F)C(F)(F)C(F)(F)C(F)(F)C(F)(F)C(F)(F)C(F)(F)F)c1F. The van der Waals surface area contributed by atoms with E-state index in [4.69, 9.17) is 0 Å². The Morgan fingerprint density at radius 2 is 0.973 bits per heavy atom. The van der Waals surface area contributed by atoms with E-state index in [9.17, 15) is 87.8 Å². The quantitative estimate of drug-likeness (QED) is 0.146. The summed E-state index contributed by atoms with van der Waals surface area (Å²) in [6.45, 7) is 0. The number of allylic oxidation sites excluding steroid dienone is 1. The Hall–Kier alpha value is -2.84. The third-order valence-electron chi connectivity index (χ3n) is 4.11. The monoisotopic (exact) mass is 593 g/mol. The fraction of sp³-hybridized carbons (Fsp3) is 0.467. The molecule has 22 heteroatoms. The molecule has 0 bridgehead atoms. The lowest BCUT2D eigenvalue weighted by molar-refractivity contribution is -0.451. The highest BCUT2D eigenvalue weighted by Gasteiger charge is 2.93. The number of alkyl halides is 15. The van der Waals surface area contributed by atoms with Gasteiger partial charge in [-0.15, -0.1) is 0 Å². The van der Waals surface area contributed by atoms with Gasteiger partial charge in [-0.05, 0) is 0 Å². The molecule has 1 aromatic carbocycles. The van der Waals surface area contributed by atoms with Gasteiger partial charge in [0.15, 0.2) is 11.6 Å². The molecule has 214 valence electrons. The first-order valence-electron chi connectivity index (χ1n) is 8.05. The highest BCUT2D eigenvalue weighted by atomic mass is 19.4. The van der Waals surface area contributed by atoms with Crippen LogP contribution in [0.3, 0.4) is 0 Å². The van der Waals surface area contributed by atoms with E-state index in [0.717, 1.165) is 0 Å². The zero-order valence-corrected chi connectivity index (χ0v) is 16.1. The maximum absolute atomic E-state index is 13.6. The minimum Gasteiger partial charge on any atom is -0.423 e. The van der Waals surface area contributed by atoms with E-state index in [0.29, 0.717) is 0 Å². The molecule has 0 aliphatic carbocycles. The average molecular weight is 593 g/mol. The van der Waals surface area contributed by atoms with Crippen molar-refractivity contribution in [2.45, 2.75) is 41.7 Å². The van der Waals surface area contributed by atoms with Gasteiger partial charge in [-0.1, -0.05) is 0 Å². The van der Waals surface area contributed by atoms with Crippen LogP contribution in [0.2, 0.25) is 0 Å². The standard InChI is InChI=1S/C15H3F20NO/c16-2-1-3(36)5(18)6(4(2)17)37-8(20)7(19)9(21,22)10(23,24)11(25,26)12(27,28)13(29,30)14(31,32)15(33,34)35/h1H,36H2. The predicted molar refractivity (Wildman–Crippen MR) is 76.3 cm³/mol. The summed E-state index contributed by atoms with van der Waals surface area (Å²) in [4.78, 5) is 0. The Morgan fingerprint density at radius 3 is 1.38 bits per heavy atom. The van der Waals surface area contributed by atoms with Crippen LogP contribution in [-0.4, -0.2) is 41.7 Å². The fourth-order valence-corrected chi connectivity index (χ4v) is 2.05. The van der Waals surface area contributed by atoms with Crippen molar-refractivity contribution in [2.24, 2.45) is 0 Å². The Morgan fingerprint density at radius 1 is 0.595 bits per heavy atom. The summed E-state index contributed by atoms with van der Waals surface area (Å²) < 4.78 is 265. The molecule has 1 aromatic rings. The number of rotatable bonds is 8. The molecule has 0 radical (unpaired) electrons.